The van der Waals surface area contributed by atoms with Gasteiger partial charge in [0.1, 0.15) is 5.82 Å². The Hall–Kier alpha value is -3.52. The number of nitrogens with one attached hydrogen (secondary N) is 2. The van der Waals surface area contributed by atoms with Crippen molar-refractivity contribution in [1.29, 1.82) is 0 Å². The van der Waals surface area contributed by atoms with Crippen molar-refractivity contribution in [1.82, 2.24) is 15.1 Å². The number of carbonyl (C=O) groups is 2. The van der Waals surface area contributed by atoms with Gasteiger partial charge in [-0.15, -0.1) is 0 Å². The highest BCUT2D eigenvalue weighted by Gasteiger charge is 2.27. The second-order valence-electron chi connectivity index (χ2n) is 8.19. The van der Waals surface area contributed by atoms with E-state index in [0.29, 0.717) is 17.1 Å². The third kappa shape index (κ3) is 5.28. The number of carboxylic acid groups (broad SMARTS) is 1. The summed E-state index contributed by atoms with van der Waals surface area (Å²) in [5.41, 5.74) is 4.42. The van der Waals surface area contributed by atoms with Crippen molar-refractivity contribution >= 4 is 40.8 Å². The van der Waals surface area contributed by atoms with Gasteiger partial charge >= 0.3 is 6.09 Å². The van der Waals surface area contributed by atoms with Gasteiger partial charge in [-0.05, 0) is 42.3 Å². The summed E-state index contributed by atoms with van der Waals surface area (Å²) in [6.45, 7) is 2.37. The lowest BCUT2D eigenvalue weighted by Crippen LogP contribution is -2.30. The van der Waals surface area contributed by atoms with Gasteiger partial charge in [0.2, 0.25) is 0 Å². The molecular weight excluding hydrogens is 442 g/mol. The van der Waals surface area contributed by atoms with Crippen LogP contribution < -0.4 is 15.5 Å². The Balaban J connectivity index is 0.000000799. The Kier molecular flexibility index (Phi) is 6.55. The summed E-state index contributed by atoms with van der Waals surface area (Å²) < 4.78 is 1.73. The molecule has 0 radical (unpaired) electrons. The third-order valence-electron chi connectivity index (χ3n) is 5.41. The van der Waals surface area contributed by atoms with Gasteiger partial charge in [0, 0.05) is 29.7 Å². The van der Waals surface area contributed by atoms with Crippen LogP contribution >= 0.6 is 11.6 Å². The van der Waals surface area contributed by atoms with Gasteiger partial charge in [-0.1, -0.05) is 43.0 Å². The van der Waals surface area contributed by atoms with Crippen LogP contribution in [0.25, 0.3) is 0 Å². The first kappa shape index (κ1) is 22.7. The number of benzene rings is 2. The monoisotopic (exact) mass is 467 g/mol. The zero-order valence-electron chi connectivity index (χ0n) is 18.6. The smallest absolute Gasteiger partial charge is 0.404 e. The highest BCUT2D eigenvalue weighted by atomic mass is 35.5. The number of anilines is 3. The van der Waals surface area contributed by atoms with Crippen LogP contribution in [0.1, 0.15) is 46.3 Å². The van der Waals surface area contributed by atoms with E-state index >= 15 is 0 Å². The molecule has 3 N–H and O–H groups in total. The molecule has 2 aliphatic rings. The lowest BCUT2D eigenvalue weighted by atomic mass is 10.0. The highest BCUT2D eigenvalue weighted by Crippen LogP contribution is 2.38. The summed E-state index contributed by atoms with van der Waals surface area (Å²) in [6.07, 6.45) is 5.15. The zero-order chi connectivity index (χ0) is 23.5. The molecule has 5 rings (SSSR count). The molecule has 2 heterocycles. The van der Waals surface area contributed by atoms with Crippen LogP contribution in [0.2, 0.25) is 5.02 Å². The largest absolute Gasteiger partial charge is 0.465 e. The van der Waals surface area contributed by atoms with Crippen LogP contribution in [-0.2, 0) is 20.1 Å². The van der Waals surface area contributed by atoms with Gasteiger partial charge in [-0.3, -0.25) is 9.48 Å². The maximum atomic E-state index is 13.5. The summed E-state index contributed by atoms with van der Waals surface area (Å²) in [5, 5.41) is 19.3. The predicted molar refractivity (Wildman–Crippen MR) is 128 cm³/mol. The average Bonchev–Trinajstić information content (AvgIpc) is 3.63. The molecule has 0 spiro atoms. The molecule has 2 amide bonds. The topological polar surface area (TPSA) is 99.5 Å². The van der Waals surface area contributed by atoms with E-state index in [2.05, 4.69) is 15.7 Å². The summed E-state index contributed by atoms with van der Waals surface area (Å²) in [4.78, 5) is 26.0. The lowest BCUT2D eigenvalue weighted by molar-refractivity contribution is 0.0984. The molecule has 0 atom stereocenters. The summed E-state index contributed by atoms with van der Waals surface area (Å²) >= 11 is 6.20. The van der Waals surface area contributed by atoms with E-state index in [1.54, 1.807) is 40.0 Å². The Bertz CT molecular complexity index is 1200. The second kappa shape index (κ2) is 9.54. The average molecular weight is 468 g/mol. The highest BCUT2D eigenvalue weighted by molar-refractivity contribution is 6.31. The molecule has 0 unspecified atom stereocenters. The second-order valence-corrected chi connectivity index (χ2v) is 8.62. The van der Waals surface area contributed by atoms with Crippen LogP contribution in [0.15, 0.2) is 42.6 Å². The van der Waals surface area contributed by atoms with Crippen molar-refractivity contribution in [3.05, 3.63) is 69.9 Å². The van der Waals surface area contributed by atoms with Crippen LogP contribution in [-0.4, -0.2) is 26.9 Å². The van der Waals surface area contributed by atoms with Crippen molar-refractivity contribution in [2.75, 3.05) is 10.2 Å². The van der Waals surface area contributed by atoms with E-state index in [4.69, 9.17) is 16.7 Å². The number of rotatable bonds is 3. The predicted octanol–water partition coefficient (Wildman–Crippen LogP) is 5.22. The standard InChI is InChI=1S/C21H20ClN5O3.C3H6/c1-12-7-13(9-23-21(29)30)3-5-16(12)20(28)27-11-14-10-24-26(2)19(14)25-17-8-15(22)4-6-18(17)27;1-2-3-1/h3-8,10,23,25H,9,11H2,1-2H3,(H,29,30);1-3H2. The molecule has 1 aliphatic carbocycles. The number of nitrogens with zero attached hydrogens (tertiary/aromatic N) is 3. The summed E-state index contributed by atoms with van der Waals surface area (Å²) in [5.74, 6) is 0.646. The molecular formula is C24H26ClN5O3. The third-order valence-corrected chi connectivity index (χ3v) is 5.64. The number of halogens is 1. The first-order chi connectivity index (χ1) is 15.8. The SMILES string of the molecule is C1CC1.Cc1cc(CNC(=O)O)ccc1C(=O)N1Cc2cnn(C)c2Nc2cc(Cl)ccc21. The molecule has 172 valence electrons. The lowest BCUT2D eigenvalue weighted by Gasteiger charge is -2.24. The van der Waals surface area contributed by atoms with Crippen molar-refractivity contribution in [3.8, 4) is 0 Å². The van der Waals surface area contributed by atoms with Gasteiger partial charge in [0.15, 0.2) is 0 Å². The minimum atomic E-state index is -1.09. The van der Waals surface area contributed by atoms with E-state index in [1.165, 1.54) is 19.3 Å². The summed E-state index contributed by atoms with van der Waals surface area (Å²) in [7, 11) is 1.83. The maximum Gasteiger partial charge on any atom is 0.404 e. The molecule has 1 fully saturated rings. The van der Waals surface area contributed by atoms with Crippen LogP contribution in [0.3, 0.4) is 0 Å². The number of amides is 2. The van der Waals surface area contributed by atoms with Crippen molar-refractivity contribution in [3.63, 3.8) is 0 Å². The van der Waals surface area contributed by atoms with E-state index in [0.717, 1.165) is 33.9 Å². The normalized spacial score (nSPS) is 13.5. The minimum absolute atomic E-state index is 0.160. The number of hydrogen-bond donors (Lipinski definition) is 3. The van der Waals surface area contributed by atoms with Crippen LogP contribution in [0.4, 0.5) is 22.0 Å². The molecule has 3 aromatic rings. The molecule has 8 nitrogen and oxygen atoms in total. The molecule has 33 heavy (non-hydrogen) atoms. The maximum absolute atomic E-state index is 13.5. The number of hydrogen-bond acceptors (Lipinski definition) is 4. The first-order valence-electron chi connectivity index (χ1n) is 10.8. The number of aromatic nitrogens is 2. The van der Waals surface area contributed by atoms with E-state index in [1.807, 2.05) is 26.1 Å². The van der Waals surface area contributed by atoms with Gasteiger partial charge in [-0.2, -0.15) is 5.10 Å². The van der Waals surface area contributed by atoms with Crippen LogP contribution in [0, 0.1) is 6.92 Å². The number of fused-ring (bicyclic) bond motifs is 2. The zero-order valence-corrected chi connectivity index (χ0v) is 19.3. The van der Waals surface area contributed by atoms with Crippen LogP contribution in [0.5, 0.6) is 0 Å². The Morgan fingerprint density at radius 1 is 1.18 bits per heavy atom. The number of aryl methyl sites for hydroxylation is 2. The van der Waals surface area contributed by atoms with Gasteiger partial charge in [0.25, 0.3) is 5.91 Å². The number of carbonyl (C=O) groups excluding carboxylic acids is 1. The molecule has 1 saturated carbocycles. The fraction of sp³-hybridized carbons (Fsp3) is 0.292. The Labute approximate surface area is 197 Å². The fourth-order valence-electron chi connectivity index (χ4n) is 3.57. The fourth-order valence-corrected chi connectivity index (χ4v) is 3.74. The summed E-state index contributed by atoms with van der Waals surface area (Å²) in [6, 6.07) is 10.7. The quantitative estimate of drug-likeness (QED) is 0.490. The van der Waals surface area contributed by atoms with E-state index in [9.17, 15) is 9.59 Å². The van der Waals surface area contributed by atoms with Crippen molar-refractivity contribution in [2.24, 2.45) is 7.05 Å². The molecule has 0 bridgehead atoms. The van der Waals surface area contributed by atoms with E-state index in [-0.39, 0.29) is 12.5 Å². The van der Waals surface area contributed by atoms with Gasteiger partial charge in [-0.25, -0.2) is 4.79 Å². The van der Waals surface area contributed by atoms with Gasteiger partial charge in [0.05, 0.1) is 24.1 Å². The van der Waals surface area contributed by atoms with Gasteiger partial charge < -0.3 is 20.6 Å². The van der Waals surface area contributed by atoms with Crippen molar-refractivity contribution < 1.29 is 14.7 Å². The minimum Gasteiger partial charge on any atom is -0.465 e. The Morgan fingerprint density at radius 3 is 2.61 bits per heavy atom. The Morgan fingerprint density at radius 2 is 1.94 bits per heavy atom. The van der Waals surface area contributed by atoms with E-state index < -0.39 is 6.09 Å². The molecule has 9 heteroatoms. The first-order valence-corrected chi connectivity index (χ1v) is 11.2. The molecule has 1 aromatic heterocycles. The van der Waals surface area contributed by atoms with Crippen molar-refractivity contribution in [2.45, 2.75) is 39.3 Å². The molecule has 0 saturated heterocycles. The molecule has 2 aromatic carbocycles. The molecule has 1 aliphatic heterocycles.